The van der Waals surface area contributed by atoms with Gasteiger partial charge in [0.25, 0.3) is 5.91 Å². The summed E-state index contributed by atoms with van der Waals surface area (Å²) >= 11 is 6.12. The van der Waals surface area contributed by atoms with Crippen LogP contribution in [0.1, 0.15) is 18.1 Å². The molecule has 1 atom stereocenters. The second kappa shape index (κ2) is 10.5. The van der Waals surface area contributed by atoms with Crippen molar-refractivity contribution in [1.29, 1.82) is 0 Å². The minimum Gasteiger partial charge on any atom is -0.493 e. The van der Waals surface area contributed by atoms with E-state index in [4.69, 9.17) is 25.8 Å². The molecule has 35 heavy (non-hydrogen) atoms. The van der Waals surface area contributed by atoms with Crippen molar-refractivity contribution < 1.29 is 23.8 Å². The molecule has 1 aliphatic heterocycles. The number of rotatable bonds is 7. The van der Waals surface area contributed by atoms with E-state index in [9.17, 15) is 9.59 Å². The molecule has 180 valence electrons. The summed E-state index contributed by atoms with van der Waals surface area (Å²) < 4.78 is 16.3. The van der Waals surface area contributed by atoms with Gasteiger partial charge in [-0.3, -0.25) is 9.59 Å². The van der Waals surface area contributed by atoms with E-state index in [1.807, 2.05) is 24.3 Å². The van der Waals surface area contributed by atoms with Crippen LogP contribution in [-0.4, -0.2) is 32.1 Å². The fourth-order valence-corrected chi connectivity index (χ4v) is 3.99. The highest BCUT2D eigenvalue weighted by molar-refractivity contribution is 6.30. The molecule has 8 heteroatoms. The van der Waals surface area contributed by atoms with E-state index >= 15 is 0 Å². The number of nitrogens with zero attached hydrogens (tertiary/aromatic N) is 1. The molecule has 1 aliphatic rings. The molecule has 0 aliphatic carbocycles. The Morgan fingerprint density at radius 3 is 2.63 bits per heavy atom. The molecule has 2 amide bonds. The molecular formula is C27H25ClN2O5. The van der Waals surface area contributed by atoms with Crippen LogP contribution in [-0.2, 0) is 16.1 Å². The van der Waals surface area contributed by atoms with E-state index in [0.717, 1.165) is 11.1 Å². The Morgan fingerprint density at radius 2 is 1.89 bits per heavy atom. The smallest absolute Gasteiger partial charge is 0.268 e. The molecule has 1 unspecified atom stereocenters. The average Bonchev–Trinajstić information content (AvgIpc) is 2.85. The van der Waals surface area contributed by atoms with Crippen LogP contribution in [0.5, 0.6) is 17.2 Å². The van der Waals surface area contributed by atoms with Crippen LogP contribution in [0.2, 0.25) is 5.02 Å². The average molecular weight is 493 g/mol. The second-order valence-corrected chi connectivity index (χ2v) is 8.37. The molecule has 3 aromatic rings. The maximum atomic E-state index is 12.9. The number of carbonyl (C=O) groups is 2. The van der Waals surface area contributed by atoms with Crippen LogP contribution in [0.15, 0.2) is 66.7 Å². The van der Waals surface area contributed by atoms with Crippen LogP contribution >= 0.6 is 11.6 Å². The molecule has 0 bridgehead atoms. The number of ether oxygens (including phenoxy) is 3. The first-order chi connectivity index (χ1) is 16.9. The molecule has 7 nitrogen and oxygen atoms in total. The van der Waals surface area contributed by atoms with Crippen molar-refractivity contribution in [2.45, 2.75) is 19.6 Å². The largest absolute Gasteiger partial charge is 0.493 e. The maximum Gasteiger partial charge on any atom is 0.268 e. The number of carbonyl (C=O) groups excluding carboxylic acids is 2. The van der Waals surface area contributed by atoms with Gasteiger partial charge in [-0.2, -0.15) is 0 Å². The first kappa shape index (κ1) is 24.2. The van der Waals surface area contributed by atoms with Gasteiger partial charge in [-0.1, -0.05) is 29.8 Å². The van der Waals surface area contributed by atoms with Crippen molar-refractivity contribution in [2.24, 2.45) is 0 Å². The number of nitrogens with one attached hydrogen (secondary N) is 1. The highest BCUT2D eigenvalue weighted by Gasteiger charge is 2.31. The van der Waals surface area contributed by atoms with Gasteiger partial charge in [-0.25, -0.2) is 0 Å². The van der Waals surface area contributed by atoms with Crippen molar-refractivity contribution in [3.05, 3.63) is 82.9 Å². The lowest BCUT2D eigenvalue weighted by atomic mass is 10.1. The van der Waals surface area contributed by atoms with Gasteiger partial charge in [0.15, 0.2) is 17.6 Å². The van der Waals surface area contributed by atoms with Crippen molar-refractivity contribution in [1.82, 2.24) is 0 Å². The lowest BCUT2D eigenvalue weighted by Crippen LogP contribution is -2.44. The van der Waals surface area contributed by atoms with Crippen LogP contribution < -0.4 is 24.4 Å². The number of amides is 2. The van der Waals surface area contributed by atoms with Crippen molar-refractivity contribution in [2.75, 3.05) is 24.4 Å². The zero-order valence-corrected chi connectivity index (χ0v) is 20.3. The van der Waals surface area contributed by atoms with Gasteiger partial charge in [-0.05, 0) is 66.6 Å². The predicted octanol–water partition coefficient (Wildman–Crippen LogP) is 5.32. The summed E-state index contributed by atoms with van der Waals surface area (Å²) in [6, 6.07) is 17.9. The minimum atomic E-state index is -0.619. The summed E-state index contributed by atoms with van der Waals surface area (Å²) in [6.07, 6.45) is 2.48. The van der Waals surface area contributed by atoms with E-state index in [-0.39, 0.29) is 11.8 Å². The van der Waals surface area contributed by atoms with E-state index in [2.05, 4.69) is 5.32 Å². The Hall–Kier alpha value is -3.97. The lowest BCUT2D eigenvalue weighted by molar-refractivity contribution is -0.125. The summed E-state index contributed by atoms with van der Waals surface area (Å²) in [5, 5.41) is 3.43. The zero-order valence-electron chi connectivity index (χ0n) is 19.6. The van der Waals surface area contributed by atoms with Crippen LogP contribution in [0.4, 0.5) is 11.4 Å². The topological polar surface area (TPSA) is 77.1 Å². The Labute approximate surface area is 208 Å². The molecule has 4 rings (SSSR count). The molecule has 0 saturated heterocycles. The number of benzene rings is 3. The quantitative estimate of drug-likeness (QED) is 0.451. The fraction of sp³-hybridized carbons (Fsp3) is 0.185. The zero-order chi connectivity index (χ0) is 24.9. The van der Waals surface area contributed by atoms with E-state index in [1.165, 1.54) is 6.08 Å². The third-order valence-electron chi connectivity index (χ3n) is 5.50. The Kier molecular flexibility index (Phi) is 7.27. The normalized spacial score (nSPS) is 14.9. The van der Waals surface area contributed by atoms with Crippen molar-refractivity contribution in [3.63, 3.8) is 0 Å². The summed E-state index contributed by atoms with van der Waals surface area (Å²) in [7, 11) is 3.12. The monoisotopic (exact) mass is 492 g/mol. The summed E-state index contributed by atoms with van der Waals surface area (Å²) in [5.74, 6) is 1.25. The number of anilines is 2. The number of hydrogen-bond acceptors (Lipinski definition) is 5. The molecule has 0 saturated carbocycles. The van der Waals surface area contributed by atoms with Gasteiger partial charge < -0.3 is 24.4 Å². The third kappa shape index (κ3) is 5.58. The first-order valence-corrected chi connectivity index (χ1v) is 11.3. The predicted molar refractivity (Wildman–Crippen MR) is 136 cm³/mol. The Balaban J connectivity index is 1.53. The van der Waals surface area contributed by atoms with Crippen molar-refractivity contribution >= 4 is 40.9 Å². The lowest BCUT2D eigenvalue weighted by Gasteiger charge is -2.33. The van der Waals surface area contributed by atoms with E-state index in [1.54, 1.807) is 68.5 Å². The third-order valence-corrected chi connectivity index (χ3v) is 5.73. The number of halogens is 1. The SMILES string of the molecule is COc1ccc(/C=C/C(=O)Nc2ccc3c(c2)N(Cc2cccc(Cl)c2)C(=O)C(C)O3)cc1OC. The number of methoxy groups -OCH3 is 2. The summed E-state index contributed by atoms with van der Waals surface area (Å²) in [4.78, 5) is 27.1. The van der Waals surface area contributed by atoms with Gasteiger partial charge >= 0.3 is 0 Å². The maximum absolute atomic E-state index is 12.9. The molecule has 1 N–H and O–H groups in total. The van der Waals surface area contributed by atoms with Crippen LogP contribution in [0, 0.1) is 0 Å². The molecule has 0 radical (unpaired) electrons. The molecule has 0 spiro atoms. The van der Waals surface area contributed by atoms with Gasteiger partial charge in [0.05, 0.1) is 26.5 Å². The fourth-order valence-electron chi connectivity index (χ4n) is 3.78. The highest BCUT2D eigenvalue weighted by atomic mass is 35.5. The first-order valence-electron chi connectivity index (χ1n) is 11.0. The summed E-state index contributed by atoms with van der Waals surface area (Å²) in [5.41, 5.74) is 2.78. The highest BCUT2D eigenvalue weighted by Crippen LogP contribution is 2.37. The second-order valence-electron chi connectivity index (χ2n) is 7.93. The molecular weight excluding hydrogens is 468 g/mol. The van der Waals surface area contributed by atoms with Gasteiger partial charge in [0.2, 0.25) is 5.91 Å². The molecule has 1 heterocycles. The van der Waals surface area contributed by atoms with Crippen LogP contribution in [0.3, 0.4) is 0 Å². The van der Waals surface area contributed by atoms with Crippen LogP contribution in [0.25, 0.3) is 6.08 Å². The molecule has 0 aromatic heterocycles. The molecule has 3 aromatic carbocycles. The van der Waals surface area contributed by atoms with Gasteiger partial charge in [0.1, 0.15) is 5.75 Å². The van der Waals surface area contributed by atoms with Gasteiger partial charge in [-0.15, -0.1) is 0 Å². The van der Waals surface area contributed by atoms with Gasteiger partial charge in [0, 0.05) is 16.8 Å². The Morgan fingerprint density at radius 1 is 1.09 bits per heavy atom. The number of fused-ring (bicyclic) bond motifs is 1. The Bertz CT molecular complexity index is 1290. The standard InChI is InChI=1S/C27H25ClN2O5/c1-17-27(32)30(16-19-5-4-6-20(28)13-19)22-15-21(9-11-23(22)35-17)29-26(31)12-8-18-7-10-24(33-2)25(14-18)34-3/h4-15,17H,16H2,1-3H3,(H,29,31)/b12-8+. The van der Waals surface area contributed by atoms with Crippen molar-refractivity contribution in [3.8, 4) is 17.2 Å². The number of hydrogen-bond donors (Lipinski definition) is 1. The molecule has 0 fully saturated rings. The van der Waals surface area contributed by atoms with E-state index in [0.29, 0.717) is 40.2 Å². The van der Waals surface area contributed by atoms with E-state index < -0.39 is 6.10 Å². The summed E-state index contributed by atoms with van der Waals surface area (Å²) in [6.45, 7) is 2.04. The minimum absolute atomic E-state index is 0.172.